The highest BCUT2D eigenvalue weighted by molar-refractivity contribution is 6.24. The van der Waals surface area contributed by atoms with E-state index in [1.54, 1.807) is 50.6 Å². The molecule has 3 aromatic carbocycles. The molecular formula is C30H33FN2O5. The highest BCUT2D eigenvalue weighted by Gasteiger charge is 2.13. The number of unbranched alkanes of at least 4 members (excludes halogenated alkanes) is 2. The fourth-order valence-electron chi connectivity index (χ4n) is 3.70. The first-order valence-electron chi connectivity index (χ1n) is 12.4. The van der Waals surface area contributed by atoms with Gasteiger partial charge < -0.3 is 14.8 Å². The van der Waals surface area contributed by atoms with Crippen molar-refractivity contribution in [3.05, 3.63) is 95.3 Å². The fourth-order valence-corrected chi connectivity index (χ4v) is 3.70. The number of hydroxylamine groups is 1. The monoisotopic (exact) mass is 520 g/mol. The molecule has 7 nitrogen and oxygen atoms in total. The van der Waals surface area contributed by atoms with Gasteiger partial charge in [0.25, 0.3) is 5.91 Å². The van der Waals surface area contributed by atoms with Crippen molar-refractivity contribution in [2.24, 2.45) is 0 Å². The average Bonchev–Trinajstić information content (AvgIpc) is 2.94. The Morgan fingerprint density at radius 2 is 1.55 bits per heavy atom. The third-order valence-corrected chi connectivity index (χ3v) is 5.72. The van der Waals surface area contributed by atoms with Gasteiger partial charge in [-0.05, 0) is 59.9 Å². The molecule has 0 heterocycles. The Balaban J connectivity index is 1.50. The summed E-state index contributed by atoms with van der Waals surface area (Å²) in [6.45, 7) is 0.746. The van der Waals surface area contributed by atoms with E-state index in [-0.39, 0.29) is 17.6 Å². The Kier molecular flexibility index (Phi) is 11.3. The van der Waals surface area contributed by atoms with Crippen LogP contribution in [0, 0.1) is 5.82 Å². The van der Waals surface area contributed by atoms with Crippen LogP contribution in [-0.2, 0) is 21.0 Å². The van der Waals surface area contributed by atoms with Crippen LogP contribution >= 0.6 is 0 Å². The molecule has 8 heteroatoms. The summed E-state index contributed by atoms with van der Waals surface area (Å²) in [5, 5.41) is 2.93. The van der Waals surface area contributed by atoms with E-state index in [2.05, 4.69) is 10.8 Å². The predicted molar refractivity (Wildman–Crippen MR) is 145 cm³/mol. The van der Waals surface area contributed by atoms with Gasteiger partial charge in [0.05, 0.1) is 20.8 Å². The second-order valence-electron chi connectivity index (χ2n) is 8.58. The number of ether oxygens (including phenoxy) is 2. The van der Waals surface area contributed by atoms with Gasteiger partial charge in [0.1, 0.15) is 17.3 Å². The number of nitrogens with one attached hydrogen (secondary N) is 2. The van der Waals surface area contributed by atoms with Crippen molar-refractivity contribution in [1.29, 1.82) is 0 Å². The van der Waals surface area contributed by atoms with Crippen LogP contribution in [0.4, 0.5) is 4.39 Å². The predicted octanol–water partition coefficient (Wildman–Crippen LogP) is 5.31. The summed E-state index contributed by atoms with van der Waals surface area (Å²) in [5.41, 5.74) is 5.10. The number of carbonyl (C=O) groups is 2. The molecule has 0 aliphatic rings. The number of hydrogen-bond donors (Lipinski definition) is 2. The molecule has 0 aromatic heterocycles. The third-order valence-electron chi connectivity index (χ3n) is 5.72. The van der Waals surface area contributed by atoms with Gasteiger partial charge in [0, 0.05) is 24.6 Å². The minimum Gasteiger partial charge on any atom is -0.497 e. The van der Waals surface area contributed by atoms with Gasteiger partial charge in [0.15, 0.2) is 0 Å². The minimum atomic E-state index is -0.383. The first kappa shape index (κ1) is 28.4. The molecule has 0 bridgehead atoms. The lowest BCUT2D eigenvalue weighted by Gasteiger charge is -2.11. The lowest BCUT2D eigenvalue weighted by Crippen LogP contribution is -2.25. The van der Waals surface area contributed by atoms with Crippen molar-refractivity contribution in [2.75, 3.05) is 20.8 Å². The van der Waals surface area contributed by atoms with Crippen molar-refractivity contribution in [3.63, 3.8) is 0 Å². The molecule has 3 rings (SSSR count). The van der Waals surface area contributed by atoms with Crippen LogP contribution in [0.15, 0.2) is 72.8 Å². The topological polar surface area (TPSA) is 85.9 Å². The van der Waals surface area contributed by atoms with E-state index < -0.39 is 0 Å². The quantitative estimate of drug-likeness (QED) is 0.130. The highest BCUT2D eigenvalue weighted by Crippen LogP contribution is 2.26. The average molecular weight is 521 g/mol. The number of amides is 2. The molecule has 2 N–H and O–H groups in total. The smallest absolute Gasteiger partial charge is 0.251 e. The second-order valence-corrected chi connectivity index (χ2v) is 8.58. The van der Waals surface area contributed by atoms with Crippen molar-refractivity contribution >= 4 is 23.5 Å². The highest BCUT2D eigenvalue weighted by atomic mass is 19.1. The molecule has 2 amide bonds. The number of carbonyl (C=O) groups excluding carboxylic acids is 2. The molecule has 3 aromatic rings. The molecule has 0 atom stereocenters. The van der Waals surface area contributed by atoms with Crippen LogP contribution < -0.4 is 20.3 Å². The Hall–Kier alpha value is -4.17. The summed E-state index contributed by atoms with van der Waals surface area (Å²) in [5.74, 6) is 0.324. The summed E-state index contributed by atoms with van der Waals surface area (Å²) in [4.78, 5) is 30.3. The number of rotatable bonds is 14. The molecule has 0 saturated carbocycles. The van der Waals surface area contributed by atoms with Gasteiger partial charge in [-0.1, -0.05) is 48.9 Å². The largest absolute Gasteiger partial charge is 0.497 e. The zero-order valence-electron chi connectivity index (χ0n) is 21.7. The summed E-state index contributed by atoms with van der Waals surface area (Å²) >= 11 is 0. The maximum atomic E-state index is 13.5. The van der Waals surface area contributed by atoms with Gasteiger partial charge in [-0.15, -0.1) is 0 Å². The maximum Gasteiger partial charge on any atom is 0.251 e. The Labute approximate surface area is 222 Å². The number of halogens is 1. The van der Waals surface area contributed by atoms with Crippen LogP contribution in [0.1, 0.15) is 42.4 Å². The van der Waals surface area contributed by atoms with Crippen LogP contribution in [0.5, 0.6) is 11.5 Å². The molecule has 0 aliphatic carbocycles. The zero-order chi connectivity index (χ0) is 27.2. The molecule has 0 aliphatic heterocycles. The Morgan fingerprint density at radius 3 is 2.21 bits per heavy atom. The molecular weight excluding hydrogens is 487 g/mol. The number of hydrogen-bond acceptors (Lipinski definition) is 5. The van der Waals surface area contributed by atoms with Crippen LogP contribution in [0.2, 0.25) is 0 Å². The Morgan fingerprint density at radius 1 is 0.868 bits per heavy atom. The van der Waals surface area contributed by atoms with E-state index in [1.165, 1.54) is 12.1 Å². The van der Waals surface area contributed by atoms with E-state index in [9.17, 15) is 14.0 Å². The van der Waals surface area contributed by atoms with E-state index in [4.69, 9.17) is 14.3 Å². The minimum absolute atomic E-state index is 0.180. The summed E-state index contributed by atoms with van der Waals surface area (Å²) in [6.07, 6.45) is 4.18. The molecule has 0 radical (unpaired) electrons. The van der Waals surface area contributed by atoms with E-state index in [0.717, 1.165) is 12.0 Å². The third kappa shape index (κ3) is 9.37. The Bertz CT molecular complexity index is 1190. The van der Waals surface area contributed by atoms with Gasteiger partial charge in [0.2, 0.25) is 5.91 Å². The zero-order valence-corrected chi connectivity index (χ0v) is 21.7. The number of benzene rings is 3. The summed E-state index contributed by atoms with van der Waals surface area (Å²) < 4.78 is 24.2. The molecule has 200 valence electrons. The van der Waals surface area contributed by atoms with E-state index >= 15 is 0 Å². The van der Waals surface area contributed by atoms with E-state index in [1.807, 2.05) is 30.3 Å². The molecule has 0 fully saturated rings. The lowest BCUT2D eigenvalue weighted by molar-refractivity contribution is -0.134. The van der Waals surface area contributed by atoms with Crippen molar-refractivity contribution in [1.82, 2.24) is 10.8 Å². The van der Waals surface area contributed by atoms with Crippen molar-refractivity contribution in [3.8, 4) is 11.5 Å². The van der Waals surface area contributed by atoms with Crippen molar-refractivity contribution < 1.29 is 28.3 Å². The van der Waals surface area contributed by atoms with Gasteiger partial charge in [-0.2, -0.15) is 0 Å². The summed E-state index contributed by atoms with van der Waals surface area (Å²) in [7, 11) is 3.11. The number of methoxy groups -OCH3 is 2. The molecule has 0 saturated heterocycles. The lowest BCUT2D eigenvalue weighted by atomic mass is 10.0. The van der Waals surface area contributed by atoms with Crippen LogP contribution in [0.25, 0.3) is 11.6 Å². The SMILES string of the molecule is COc1cc(C=C(C(=O)NCCCCCC(=O)NOCc2ccccc2)c2ccc(F)cc2)cc(OC)c1. The second kappa shape index (κ2) is 15.2. The van der Waals surface area contributed by atoms with E-state index in [0.29, 0.717) is 60.6 Å². The first-order valence-corrected chi connectivity index (χ1v) is 12.4. The maximum absolute atomic E-state index is 13.5. The van der Waals surface area contributed by atoms with Crippen LogP contribution in [-0.4, -0.2) is 32.6 Å². The normalized spacial score (nSPS) is 11.1. The van der Waals surface area contributed by atoms with Gasteiger partial charge >= 0.3 is 0 Å². The van der Waals surface area contributed by atoms with Gasteiger partial charge in [-0.25, -0.2) is 9.87 Å². The summed E-state index contributed by atoms with van der Waals surface area (Å²) in [6, 6.07) is 20.7. The molecule has 0 unspecified atom stereocenters. The molecule has 38 heavy (non-hydrogen) atoms. The van der Waals surface area contributed by atoms with Gasteiger partial charge in [-0.3, -0.25) is 14.4 Å². The first-order chi connectivity index (χ1) is 18.5. The van der Waals surface area contributed by atoms with Crippen molar-refractivity contribution in [2.45, 2.75) is 32.3 Å². The fraction of sp³-hybridized carbons (Fsp3) is 0.267. The van der Waals surface area contributed by atoms with Crippen LogP contribution in [0.3, 0.4) is 0 Å². The standard InChI is InChI=1S/C30H33FN2O5/c1-36-26-17-23(18-27(20-26)37-2)19-28(24-12-14-25(31)15-13-24)30(35)32-16-8-4-7-11-29(34)33-38-21-22-9-5-3-6-10-22/h3,5-6,9-10,12-15,17-20H,4,7-8,11,16,21H2,1-2H3,(H,32,35)(H,33,34). The molecule has 0 spiro atoms.